The van der Waals surface area contributed by atoms with Gasteiger partial charge in [0, 0.05) is 65.6 Å². The topological polar surface area (TPSA) is 157 Å². The Morgan fingerprint density at radius 1 is 1.03 bits per heavy atom. The molecule has 3 fully saturated rings. The third-order valence-electron chi connectivity index (χ3n) is 10.3. The Bertz CT molecular complexity index is 2180. The fourth-order valence-electron chi connectivity index (χ4n) is 7.78. The van der Waals surface area contributed by atoms with Gasteiger partial charge in [0.05, 0.1) is 41.6 Å². The standard InChI is InChI=1S/C37H42ClF2N6O6S.C5H9O2.Au/c1-37(2,3)52-36(49)46-21-7-8-22(46)18-45(17-21)34-25-16-26(38)29(24-9-10-27(39)33-32(24)41-20-53-33)30(40)31(25)42-35(43-34)51-19-23-6-4-12-44(23)13-5-14-50-15-11-28(47)48;1-5(2,3)7-4-6;/h9-10,16,21-23H,4-8,11-15,17-19H2,1-3H3,(H,47,48);1-3H3;/q2*-1;/t21?,22?,23-;;/m0../s1. The number of piperazine rings is 1. The predicted octanol–water partition coefficient (Wildman–Crippen LogP) is 7.82. The van der Waals surface area contributed by atoms with Crippen molar-refractivity contribution in [2.75, 3.05) is 50.9 Å². The number of aromatic nitrogens is 3. The van der Waals surface area contributed by atoms with E-state index in [1.807, 2.05) is 30.6 Å². The SMILES string of the molecule is CC(C)(C)OC(=O)N1C2CCC1CN(c1nc(OC[C@@H]3CCCN3CCCOCCC(=O)O)nc3c(F)c(-c4ccc(F)c5s[c-]nc45)c(Cl)cc13)C2.CC(C)(C)O[C-]=O.[Au]. The van der Waals surface area contributed by atoms with Gasteiger partial charge in [0.2, 0.25) is 0 Å². The second-order valence-electron chi connectivity index (χ2n) is 17.1. The van der Waals surface area contributed by atoms with Crippen LogP contribution in [0.15, 0.2) is 18.2 Å². The maximum atomic E-state index is 16.9. The third kappa shape index (κ3) is 12.1. The summed E-state index contributed by atoms with van der Waals surface area (Å²) in [5.74, 6) is -1.62. The van der Waals surface area contributed by atoms with Crippen LogP contribution in [0, 0.1) is 17.1 Å². The Kier molecular flexibility index (Phi) is 16.4. The fraction of sp³-hybridized carbons (Fsp3) is 0.571. The van der Waals surface area contributed by atoms with E-state index in [1.54, 1.807) is 26.8 Å². The number of fused-ring (bicyclic) bond motifs is 4. The van der Waals surface area contributed by atoms with Crippen molar-refractivity contribution in [3.63, 3.8) is 0 Å². The number of anilines is 1. The van der Waals surface area contributed by atoms with E-state index >= 15 is 4.39 Å². The molecule has 0 spiro atoms. The summed E-state index contributed by atoms with van der Waals surface area (Å²) < 4.78 is 53.7. The molecule has 3 atom stereocenters. The van der Waals surface area contributed by atoms with Crippen LogP contribution in [-0.4, -0.2) is 124 Å². The van der Waals surface area contributed by atoms with Gasteiger partial charge in [-0.15, -0.1) is 0 Å². The quantitative estimate of drug-likeness (QED) is 0.0787. The zero-order valence-corrected chi connectivity index (χ0v) is 38.7. The minimum atomic E-state index is -0.888. The van der Waals surface area contributed by atoms with Gasteiger partial charge in [-0.3, -0.25) is 25.9 Å². The number of rotatable bonds is 13. The number of aliphatic carboxylic acids is 1. The molecule has 2 unspecified atom stereocenters. The minimum absolute atomic E-state index is 0. The molecule has 337 valence electrons. The van der Waals surface area contributed by atoms with E-state index in [-0.39, 0.29) is 104 Å². The molecule has 1 radical (unpaired) electrons. The summed E-state index contributed by atoms with van der Waals surface area (Å²) in [6.45, 7) is 15.7. The Balaban J connectivity index is 0.000000811. The first-order chi connectivity index (χ1) is 28.4. The van der Waals surface area contributed by atoms with Crippen molar-refractivity contribution >= 4 is 68.4 Å². The smallest absolute Gasteiger partial charge is 0.410 e. The van der Waals surface area contributed by atoms with E-state index in [1.165, 1.54) is 18.6 Å². The van der Waals surface area contributed by atoms with Gasteiger partial charge in [-0.05, 0) is 97.8 Å². The number of halogens is 3. The average Bonchev–Trinajstić information content (AvgIpc) is 3.90. The van der Waals surface area contributed by atoms with Crippen molar-refractivity contribution in [3.05, 3.63) is 40.4 Å². The van der Waals surface area contributed by atoms with E-state index in [0.717, 1.165) is 56.5 Å². The first-order valence-corrected chi connectivity index (χ1v) is 21.3. The van der Waals surface area contributed by atoms with Crippen molar-refractivity contribution in [3.8, 4) is 17.1 Å². The molecule has 1 amide bonds. The van der Waals surface area contributed by atoms with Crippen molar-refractivity contribution in [2.24, 2.45) is 0 Å². The summed E-state index contributed by atoms with van der Waals surface area (Å²) in [4.78, 5) is 53.3. The number of hydrogen-bond acceptors (Lipinski definition) is 13. The summed E-state index contributed by atoms with van der Waals surface area (Å²) in [6, 6.07) is 4.18. The zero-order chi connectivity index (χ0) is 43.4. The molecule has 61 heavy (non-hydrogen) atoms. The molecule has 0 saturated carbocycles. The predicted molar refractivity (Wildman–Crippen MR) is 223 cm³/mol. The van der Waals surface area contributed by atoms with Crippen LogP contribution in [0.1, 0.15) is 80.1 Å². The molecule has 2 aromatic carbocycles. The van der Waals surface area contributed by atoms with Crippen LogP contribution in [0.4, 0.5) is 19.4 Å². The maximum absolute atomic E-state index is 16.9. The van der Waals surface area contributed by atoms with Gasteiger partial charge >= 0.3 is 18.1 Å². The molecule has 19 heteroatoms. The van der Waals surface area contributed by atoms with Crippen molar-refractivity contribution in [1.29, 1.82) is 0 Å². The molecule has 14 nitrogen and oxygen atoms in total. The molecule has 0 aliphatic carbocycles. The van der Waals surface area contributed by atoms with Crippen LogP contribution in [0.3, 0.4) is 0 Å². The molecule has 3 aliphatic rings. The van der Waals surface area contributed by atoms with Crippen molar-refractivity contribution in [1.82, 2.24) is 24.8 Å². The number of carboxylic acids is 1. The molecular formula is C42H51AuClF2N6O8S-2. The van der Waals surface area contributed by atoms with Gasteiger partial charge in [0.25, 0.3) is 0 Å². The van der Waals surface area contributed by atoms with Crippen LogP contribution in [0.2, 0.25) is 5.02 Å². The third-order valence-corrected chi connectivity index (χ3v) is 11.4. The van der Waals surface area contributed by atoms with E-state index in [4.69, 9.17) is 35.9 Å². The molecule has 4 aromatic rings. The number of nitrogens with zero attached hydrogens (tertiary/aromatic N) is 6. The summed E-state index contributed by atoms with van der Waals surface area (Å²) in [6.07, 6.45) is 3.83. The van der Waals surface area contributed by atoms with Crippen LogP contribution in [0.25, 0.3) is 32.2 Å². The Hall–Kier alpha value is -3.71. The number of hydrogen-bond donors (Lipinski definition) is 1. The molecular weight excluding hydrogens is 1020 g/mol. The molecule has 3 aliphatic heterocycles. The van der Waals surface area contributed by atoms with Crippen LogP contribution < -0.4 is 9.64 Å². The second kappa shape index (κ2) is 20.6. The molecule has 3 saturated heterocycles. The Labute approximate surface area is 378 Å². The number of likely N-dealkylation sites (tertiary alicyclic amines) is 1. The molecule has 5 heterocycles. The Morgan fingerprint density at radius 2 is 1.75 bits per heavy atom. The van der Waals surface area contributed by atoms with Crippen LogP contribution in [0.5, 0.6) is 6.01 Å². The van der Waals surface area contributed by atoms with Gasteiger partial charge in [0.15, 0.2) is 5.82 Å². The van der Waals surface area contributed by atoms with Gasteiger partial charge in [-0.1, -0.05) is 39.9 Å². The Morgan fingerprint density at radius 3 is 2.39 bits per heavy atom. The van der Waals surface area contributed by atoms with Crippen LogP contribution in [-0.2, 0) is 46.2 Å². The van der Waals surface area contributed by atoms with E-state index in [2.05, 4.69) is 25.1 Å². The van der Waals surface area contributed by atoms with Crippen molar-refractivity contribution < 1.29 is 69.6 Å². The number of amides is 1. The number of carbonyl (C=O) groups is 2. The van der Waals surface area contributed by atoms with Crippen molar-refractivity contribution in [2.45, 2.75) is 109 Å². The maximum Gasteiger partial charge on any atom is 0.410 e. The van der Waals surface area contributed by atoms with E-state index in [9.17, 15) is 18.8 Å². The summed E-state index contributed by atoms with van der Waals surface area (Å²) in [5, 5.41) is 9.31. The van der Waals surface area contributed by atoms with Gasteiger partial charge in [-0.2, -0.15) is 9.97 Å². The number of carboxylic acid groups (broad SMARTS) is 1. The monoisotopic (exact) mass is 1070 g/mol. The number of benzene rings is 2. The number of thiazole rings is 1. The van der Waals surface area contributed by atoms with Gasteiger partial charge < -0.3 is 38.7 Å². The zero-order valence-electron chi connectivity index (χ0n) is 35.0. The van der Waals surface area contributed by atoms with E-state index < -0.39 is 23.2 Å². The minimum Gasteiger partial charge on any atom is -0.649 e. The summed E-state index contributed by atoms with van der Waals surface area (Å²) in [5.41, 5.74) is 2.32. The molecule has 2 bridgehead atoms. The number of carbonyl (C=O) groups excluding carboxylic acids is 2. The van der Waals surface area contributed by atoms with Crippen LogP contribution >= 0.6 is 22.9 Å². The molecule has 1 N–H and O–H groups in total. The molecule has 7 rings (SSSR count). The fourth-order valence-corrected chi connectivity index (χ4v) is 8.72. The second-order valence-corrected chi connectivity index (χ2v) is 18.3. The summed E-state index contributed by atoms with van der Waals surface area (Å²) in [7, 11) is 0. The first-order valence-electron chi connectivity index (χ1n) is 20.1. The average molecular weight is 1070 g/mol. The molecule has 2 aromatic heterocycles. The van der Waals surface area contributed by atoms with Gasteiger partial charge in [-0.25, -0.2) is 13.6 Å². The summed E-state index contributed by atoms with van der Waals surface area (Å²) >= 11 is 7.86. The first kappa shape index (κ1) is 48.3. The number of ether oxygens (including phenoxy) is 4. The largest absolute Gasteiger partial charge is 0.649 e. The normalized spacial score (nSPS) is 19.1. The van der Waals surface area contributed by atoms with Gasteiger partial charge in [0.1, 0.15) is 23.5 Å². The van der Waals surface area contributed by atoms with E-state index in [0.29, 0.717) is 36.5 Å².